The molecule has 0 bridgehead atoms. The number of rotatable bonds is 5. The third-order valence-corrected chi connectivity index (χ3v) is 5.70. The highest BCUT2D eigenvalue weighted by atomic mass is 16.6. The number of fused-ring (bicyclic) bond motifs is 1. The maximum atomic E-state index is 11.4. The molecule has 0 saturated carbocycles. The predicted octanol–water partition coefficient (Wildman–Crippen LogP) is 2.89. The quantitative estimate of drug-likeness (QED) is 0.665. The molecular weight excluding hydrogens is 392 g/mol. The number of carbonyl (C=O) groups is 1. The molecule has 5 rings (SSSR count). The molecule has 2 fully saturated rings. The third kappa shape index (κ3) is 4.15. The number of carbonyl (C=O) groups excluding carboxylic acids is 1. The number of hydrogen-bond acceptors (Lipinski definition) is 6. The van der Waals surface area contributed by atoms with Crippen LogP contribution >= 0.6 is 0 Å². The van der Waals surface area contributed by atoms with E-state index in [9.17, 15) is 4.79 Å². The van der Waals surface area contributed by atoms with Gasteiger partial charge in [0.05, 0.1) is 31.0 Å². The van der Waals surface area contributed by atoms with Crippen LogP contribution in [0, 0.1) is 0 Å². The van der Waals surface area contributed by atoms with Crippen LogP contribution in [-0.2, 0) is 14.3 Å². The van der Waals surface area contributed by atoms with E-state index in [0.717, 1.165) is 16.8 Å². The summed E-state index contributed by atoms with van der Waals surface area (Å²) in [4.78, 5) is 20.4. The molecule has 31 heavy (non-hydrogen) atoms. The Morgan fingerprint density at radius 1 is 0.871 bits per heavy atom. The molecule has 4 atom stereocenters. The van der Waals surface area contributed by atoms with E-state index in [-0.39, 0.29) is 30.2 Å². The van der Waals surface area contributed by atoms with Gasteiger partial charge in [-0.3, -0.25) is 4.79 Å². The summed E-state index contributed by atoms with van der Waals surface area (Å²) >= 11 is 0. The van der Waals surface area contributed by atoms with Crippen molar-refractivity contribution >= 4 is 11.9 Å². The van der Waals surface area contributed by atoms with E-state index in [1.54, 1.807) is 6.20 Å². The fourth-order valence-electron chi connectivity index (χ4n) is 4.23. The average Bonchev–Trinajstić information content (AvgIpc) is 3.38. The molecule has 2 aliphatic rings. The largest absolute Gasteiger partial charge is 0.371 e. The number of benzene rings is 2. The maximum absolute atomic E-state index is 11.4. The summed E-state index contributed by atoms with van der Waals surface area (Å²) in [6, 6.07) is 20.3. The van der Waals surface area contributed by atoms with Gasteiger partial charge in [-0.05, 0) is 17.2 Å². The normalized spacial score (nSPS) is 24.5. The number of amides is 1. The molecular formula is C24H24N4O3. The van der Waals surface area contributed by atoms with E-state index < -0.39 is 0 Å². The molecule has 0 aliphatic carbocycles. The lowest BCUT2D eigenvalue weighted by Crippen LogP contribution is -2.44. The zero-order valence-electron chi connectivity index (χ0n) is 17.2. The zero-order valence-corrected chi connectivity index (χ0v) is 17.2. The second kappa shape index (κ2) is 8.45. The molecule has 3 heterocycles. The number of hydrogen-bond donors (Lipinski definition) is 2. The molecule has 2 N–H and O–H groups in total. The van der Waals surface area contributed by atoms with Crippen molar-refractivity contribution in [3.05, 3.63) is 66.9 Å². The number of aromatic nitrogens is 2. The van der Waals surface area contributed by atoms with E-state index in [4.69, 9.17) is 9.47 Å². The van der Waals surface area contributed by atoms with Crippen molar-refractivity contribution in [3.8, 4) is 22.4 Å². The molecule has 0 radical (unpaired) electrons. The molecule has 1 aromatic heterocycles. The van der Waals surface area contributed by atoms with Gasteiger partial charge < -0.3 is 20.1 Å². The summed E-state index contributed by atoms with van der Waals surface area (Å²) in [5.41, 5.74) is 4.21. The van der Waals surface area contributed by atoms with E-state index in [1.807, 2.05) is 24.3 Å². The van der Waals surface area contributed by atoms with Gasteiger partial charge in [0, 0.05) is 18.7 Å². The summed E-state index contributed by atoms with van der Waals surface area (Å²) < 4.78 is 11.8. The van der Waals surface area contributed by atoms with Crippen LogP contribution in [0.2, 0.25) is 0 Å². The number of ether oxygens (including phenoxy) is 2. The van der Waals surface area contributed by atoms with Crippen LogP contribution in [0.1, 0.15) is 6.92 Å². The zero-order chi connectivity index (χ0) is 21.2. The molecule has 2 aliphatic heterocycles. The van der Waals surface area contributed by atoms with Gasteiger partial charge >= 0.3 is 0 Å². The Labute approximate surface area is 180 Å². The maximum Gasteiger partial charge on any atom is 0.223 e. The Kier molecular flexibility index (Phi) is 5.36. The van der Waals surface area contributed by atoms with Crippen molar-refractivity contribution in [2.24, 2.45) is 0 Å². The lowest BCUT2D eigenvalue weighted by atomic mass is 10.0. The lowest BCUT2D eigenvalue weighted by Gasteiger charge is -2.18. The molecule has 7 nitrogen and oxygen atoms in total. The first kappa shape index (κ1) is 19.7. The highest BCUT2D eigenvalue weighted by Gasteiger charge is 2.48. The second-order valence-corrected chi connectivity index (χ2v) is 7.86. The first-order chi connectivity index (χ1) is 15.2. The minimum Gasteiger partial charge on any atom is -0.371 e. The van der Waals surface area contributed by atoms with Crippen LogP contribution in [0.4, 0.5) is 5.95 Å². The monoisotopic (exact) mass is 416 g/mol. The van der Waals surface area contributed by atoms with Gasteiger partial charge in [-0.1, -0.05) is 54.6 Å². The van der Waals surface area contributed by atoms with Crippen LogP contribution in [0.5, 0.6) is 0 Å². The number of nitrogens with one attached hydrogen (secondary N) is 2. The first-order valence-corrected chi connectivity index (χ1v) is 10.4. The summed E-state index contributed by atoms with van der Waals surface area (Å²) in [7, 11) is 0. The second-order valence-electron chi connectivity index (χ2n) is 7.86. The van der Waals surface area contributed by atoms with Crippen molar-refractivity contribution < 1.29 is 14.3 Å². The van der Waals surface area contributed by atoms with Gasteiger partial charge in [-0.25, -0.2) is 9.97 Å². The number of nitrogens with zero attached hydrogens (tertiary/aromatic N) is 2. The summed E-state index contributed by atoms with van der Waals surface area (Å²) in [5, 5.41) is 6.25. The smallest absolute Gasteiger partial charge is 0.223 e. The standard InChI is InChI=1S/C24H24N4O3/c1-15(29)26-20-13-30-23-21(14-31-22(20)23)28-24-25-12-11-19(27-24)18-9-7-17(8-10-18)16-5-3-2-4-6-16/h2-12,20-23H,13-14H2,1H3,(H,26,29)(H,25,27,28). The van der Waals surface area contributed by atoms with Gasteiger partial charge in [0.1, 0.15) is 12.2 Å². The Bertz CT molecular complexity index is 1060. The average molecular weight is 416 g/mol. The lowest BCUT2D eigenvalue weighted by molar-refractivity contribution is -0.120. The molecule has 1 amide bonds. The Hall–Kier alpha value is -3.29. The molecule has 0 spiro atoms. The molecule has 3 aromatic rings. The highest BCUT2D eigenvalue weighted by Crippen LogP contribution is 2.29. The van der Waals surface area contributed by atoms with Crippen molar-refractivity contribution in [1.82, 2.24) is 15.3 Å². The summed E-state index contributed by atoms with van der Waals surface area (Å²) in [6.07, 6.45) is 1.45. The fraction of sp³-hybridized carbons (Fsp3) is 0.292. The van der Waals surface area contributed by atoms with Crippen molar-refractivity contribution in [2.75, 3.05) is 18.5 Å². The fourth-order valence-corrected chi connectivity index (χ4v) is 4.23. The molecule has 158 valence electrons. The predicted molar refractivity (Wildman–Crippen MR) is 117 cm³/mol. The van der Waals surface area contributed by atoms with Crippen LogP contribution < -0.4 is 10.6 Å². The molecule has 2 saturated heterocycles. The van der Waals surface area contributed by atoms with E-state index in [0.29, 0.717) is 19.2 Å². The Morgan fingerprint density at radius 3 is 2.26 bits per heavy atom. The molecule has 7 heteroatoms. The Balaban J connectivity index is 1.28. The topological polar surface area (TPSA) is 85.4 Å². The minimum absolute atomic E-state index is 0.0699. The van der Waals surface area contributed by atoms with Crippen LogP contribution in [0.15, 0.2) is 66.9 Å². The number of anilines is 1. The van der Waals surface area contributed by atoms with Crippen molar-refractivity contribution in [3.63, 3.8) is 0 Å². The molecule has 2 aromatic carbocycles. The summed E-state index contributed by atoms with van der Waals surface area (Å²) in [6.45, 7) is 2.43. The van der Waals surface area contributed by atoms with E-state index >= 15 is 0 Å². The van der Waals surface area contributed by atoms with Crippen LogP contribution in [0.25, 0.3) is 22.4 Å². The molecule has 4 unspecified atom stereocenters. The van der Waals surface area contributed by atoms with Crippen LogP contribution in [-0.4, -0.2) is 53.4 Å². The minimum atomic E-state index is -0.157. The summed E-state index contributed by atoms with van der Waals surface area (Å²) in [5.74, 6) is 0.453. The van der Waals surface area contributed by atoms with E-state index in [2.05, 4.69) is 57.0 Å². The van der Waals surface area contributed by atoms with Gasteiger partial charge in [-0.2, -0.15) is 0 Å². The first-order valence-electron chi connectivity index (χ1n) is 10.4. The van der Waals surface area contributed by atoms with Gasteiger partial charge in [0.15, 0.2) is 0 Å². The van der Waals surface area contributed by atoms with Gasteiger partial charge in [0.2, 0.25) is 11.9 Å². The van der Waals surface area contributed by atoms with Crippen LogP contribution in [0.3, 0.4) is 0 Å². The van der Waals surface area contributed by atoms with Crippen molar-refractivity contribution in [2.45, 2.75) is 31.2 Å². The Morgan fingerprint density at radius 2 is 1.52 bits per heavy atom. The highest BCUT2D eigenvalue weighted by molar-refractivity contribution is 5.73. The van der Waals surface area contributed by atoms with Gasteiger partial charge in [0.25, 0.3) is 0 Å². The van der Waals surface area contributed by atoms with E-state index in [1.165, 1.54) is 12.5 Å². The SMILES string of the molecule is CC(=O)NC1COC2C(Nc3nccc(-c4ccc(-c5ccccc5)cc4)n3)COC12. The third-order valence-electron chi connectivity index (χ3n) is 5.70. The van der Waals surface area contributed by atoms with Crippen molar-refractivity contribution in [1.29, 1.82) is 0 Å². The van der Waals surface area contributed by atoms with Gasteiger partial charge in [-0.15, -0.1) is 0 Å².